The van der Waals surface area contributed by atoms with Crippen molar-refractivity contribution in [2.45, 2.75) is 39.7 Å². The summed E-state index contributed by atoms with van der Waals surface area (Å²) < 4.78 is 0. The molecule has 2 N–H and O–H groups in total. The van der Waals surface area contributed by atoms with E-state index in [-0.39, 0.29) is 0 Å². The number of thioether (sulfide) groups is 1. The fourth-order valence-corrected chi connectivity index (χ4v) is 3.73. The van der Waals surface area contributed by atoms with Crippen LogP contribution in [0, 0.1) is 13.8 Å². The van der Waals surface area contributed by atoms with Crippen LogP contribution in [0.25, 0.3) is 10.2 Å². The minimum atomic E-state index is -0.844. The van der Waals surface area contributed by atoms with Gasteiger partial charge in [-0.05, 0) is 37.8 Å². The van der Waals surface area contributed by atoms with E-state index in [1.165, 1.54) is 4.88 Å². The minimum Gasteiger partial charge on any atom is -0.480 e. The minimum absolute atomic E-state index is 0.561. The van der Waals surface area contributed by atoms with Gasteiger partial charge in [0.2, 0.25) is 0 Å². The summed E-state index contributed by atoms with van der Waals surface area (Å²) in [7, 11) is 0. The van der Waals surface area contributed by atoms with Gasteiger partial charge >= 0.3 is 5.97 Å². The molecule has 0 radical (unpaired) electrons. The second-order valence-corrected chi connectivity index (χ2v) is 7.31. The monoisotopic (exact) mass is 339 g/mol. The highest BCUT2D eigenvalue weighted by atomic mass is 32.2. The molecule has 1 atom stereocenters. The van der Waals surface area contributed by atoms with Crippen molar-refractivity contribution in [2.75, 3.05) is 17.3 Å². The molecule has 0 saturated carbocycles. The molecular formula is C15H21N3O2S2. The molecule has 0 saturated heterocycles. The first-order chi connectivity index (χ1) is 10.5. The van der Waals surface area contributed by atoms with Gasteiger partial charge in [0.15, 0.2) is 0 Å². The first-order valence-electron chi connectivity index (χ1n) is 7.22. The number of fused-ring (bicyclic) bond motifs is 1. The Bertz CT molecular complexity index is 685. The van der Waals surface area contributed by atoms with Gasteiger partial charge in [-0.1, -0.05) is 6.92 Å². The number of aliphatic carboxylic acids is 1. The smallest absolute Gasteiger partial charge is 0.326 e. The average molecular weight is 339 g/mol. The quantitative estimate of drug-likeness (QED) is 0.804. The summed E-state index contributed by atoms with van der Waals surface area (Å²) in [5.74, 6) is 1.34. The van der Waals surface area contributed by atoms with Crippen LogP contribution in [0.2, 0.25) is 0 Å². The van der Waals surface area contributed by atoms with Crippen molar-refractivity contribution >= 4 is 45.1 Å². The van der Waals surface area contributed by atoms with Crippen LogP contribution in [0.5, 0.6) is 0 Å². The molecule has 0 aliphatic heterocycles. The van der Waals surface area contributed by atoms with E-state index in [0.717, 1.165) is 33.8 Å². The van der Waals surface area contributed by atoms with Gasteiger partial charge in [-0.2, -0.15) is 11.8 Å². The second-order valence-electron chi connectivity index (χ2n) is 5.12. The van der Waals surface area contributed by atoms with E-state index in [2.05, 4.69) is 22.2 Å². The molecule has 2 rings (SSSR count). The molecule has 2 aromatic heterocycles. The van der Waals surface area contributed by atoms with Crippen molar-refractivity contribution in [3.8, 4) is 0 Å². The Balaban J connectivity index is 2.45. The number of rotatable bonds is 7. The molecule has 1 unspecified atom stereocenters. The maximum atomic E-state index is 11.5. The lowest BCUT2D eigenvalue weighted by molar-refractivity contribution is -0.137. The molecule has 0 spiro atoms. The highest BCUT2D eigenvalue weighted by molar-refractivity contribution is 7.98. The maximum Gasteiger partial charge on any atom is 0.326 e. The van der Waals surface area contributed by atoms with Crippen LogP contribution in [-0.4, -0.2) is 39.1 Å². The highest BCUT2D eigenvalue weighted by Crippen LogP contribution is 2.33. The van der Waals surface area contributed by atoms with Gasteiger partial charge in [0, 0.05) is 11.3 Å². The van der Waals surface area contributed by atoms with Gasteiger partial charge < -0.3 is 10.4 Å². The van der Waals surface area contributed by atoms with Gasteiger partial charge in [0.25, 0.3) is 0 Å². The number of hydrogen-bond acceptors (Lipinski definition) is 6. The zero-order chi connectivity index (χ0) is 16.3. The summed E-state index contributed by atoms with van der Waals surface area (Å²) in [6, 6.07) is -0.630. The van der Waals surface area contributed by atoms with E-state index in [4.69, 9.17) is 0 Å². The van der Waals surface area contributed by atoms with Crippen LogP contribution in [0.15, 0.2) is 0 Å². The van der Waals surface area contributed by atoms with E-state index >= 15 is 0 Å². The predicted molar refractivity (Wildman–Crippen MR) is 94.3 cm³/mol. The molecule has 5 nitrogen and oxygen atoms in total. The zero-order valence-electron chi connectivity index (χ0n) is 13.3. The number of carboxylic acid groups (broad SMARTS) is 1. The summed E-state index contributed by atoms with van der Waals surface area (Å²) in [4.78, 5) is 22.7. The van der Waals surface area contributed by atoms with E-state index < -0.39 is 12.0 Å². The Morgan fingerprint density at radius 2 is 2.14 bits per heavy atom. The fraction of sp³-hybridized carbons (Fsp3) is 0.533. The molecule has 0 amide bonds. The van der Waals surface area contributed by atoms with Crippen molar-refractivity contribution in [3.05, 3.63) is 16.3 Å². The van der Waals surface area contributed by atoms with E-state index in [9.17, 15) is 9.90 Å². The summed E-state index contributed by atoms with van der Waals surface area (Å²) >= 11 is 3.28. The number of nitrogens with zero attached hydrogens (tertiary/aromatic N) is 2. The van der Waals surface area contributed by atoms with Crippen LogP contribution in [0.3, 0.4) is 0 Å². The van der Waals surface area contributed by atoms with Gasteiger partial charge in [-0.15, -0.1) is 11.3 Å². The van der Waals surface area contributed by atoms with Gasteiger partial charge in [0.05, 0.1) is 5.39 Å². The largest absolute Gasteiger partial charge is 0.480 e. The zero-order valence-corrected chi connectivity index (χ0v) is 14.9. The molecule has 0 aliphatic carbocycles. The van der Waals surface area contributed by atoms with E-state index in [1.54, 1.807) is 23.1 Å². The highest BCUT2D eigenvalue weighted by Gasteiger charge is 2.21. The third-order valence-electron chi connectivity index (χ3n) is 3.61. The van der Waals surface area contributed by atoms with Gasteiger partial charge in [-0.3, -0.25) is 0 Å². The van der Waals surface area contributed by atoms with Gasteiger partial charge in [-0.25, -0.2) is 14.8 Å². The maximum absolute atomic E-state index is 11.5. The van der Waals surface area contributed by atoms with Crippen molar-refractivity contribution in [1.29, 1.82) is 0 Å². The first kappa shape index (κ1) is 17.0. The SMILES string of the molecule is CCc1nc(NC(CCSC)C(=O)O)c2c(C)c(C)sc2n1. The summed E-state index contributed by atoms with van der Waals surface area (Å²) in [6.45, 7) is 6.09. The van der Waals surface area contributed by atoms with Crippen LogP contribution in [0.1, 0.15) is 29.6 Å². The Hall–Kier alpha value is -1.34. The number of carbonyl (C=O) groups is 1. The lowest BCUT2D eigenvalue weighted by Crippen LogP contribution is -2.30. The standard InChI is InChI=1S/C15H21N3O2S2/c1-5-11-17-13(16-10(15(19)20)6-7-21-4)12-8(2)9(3)22-14(12)18-11/h10H,5-7H2,1-4H3,(H,19,20)(H,16,17,18). The van der Waals surface area contributed by atoms with Crippen molar-refractivity contribution < 1.29 is 9.90 Å². The van der Waals surface area contributed by atoms with Crippen LogP contribution >= 0.6 is 23.1 Å². The van der Waals surface area contributed by atoms with Crippen LogP contribution in [-0.2, 0) is 11.2 Å². The summed E-state index contributed by atoms with van der Waals surface area (Å²) in [5.41, 5.74) is 1.12. The number of hydrogen-bond donors (Lipinski definition) is 2. The normalized spacial score (nSPS) is 12.5. The van der Waals surface area contributed by atoms with Crippen molar-refractivity contribution in [2.24, 2.45) is 0 Å². The first-order valence-corrected chi connectivity index (χ1v) is 9.43. The average Bonchev–Trinajstić information content (AvgIpc) is 2.77. The molecule has 2 aromatic rings. The third-order valence-corrected chi connectivity index (χ3v) is 5.36. The molecular weight excluding hydrogens is 318 g/mol. The Labute approximate surface area is 138 Å². The van der Waals surface area contributed by atoms with Crippen LogP contribution < -0.4 is 5.32 Å². The van der Waals surface area contributed by atoms with Crippen molar-refractivity contribution in [3.63, 3.8) is 0 Å². The number of anilines is 1. The number of nitrogens with one attached hydrogen (secondary N) is 1. The topological polar surface area (TPSA) is 75.1 Å². The number of thiophene rings is 1. The molecule has 0 aromatic carbocycles. The third kappa shape index (κ3) is 3.52. The summed E-state index contributed by atoms with van der Waals surface area (Å²) in [5, 5.41) is 13.5. The van der Waals surface area contributed by atoms with Crippen molar-refractivity contribution in [1.82, 2.24) is 9.97 Å². The number of aromatic nitrogens is 2. The Morgan fingerprint density at radius 3 is 2.73 bits per heavy atom. The van der Waals surface area contributed by atoms with Gasteiger partial charge in [0.1, 0.15) is 22.5 Å². The molecule has 0 aliphatic rings. The number of aryl methyl sites for hydroxylation is 3. The number of carboxylic acids is 1. The summed E-state index contributed by atoms with van der Waals surface area (Å²) in [6.07, 6.45) is 3.26. The lowest BCUT2D eigenvalue weighted by Gasteiger charge is -2.16. The van der Waals surface area contributed by atoms with Crippen LogP contribution in [0.4, 0.5) is 5.82 Å². The molecule has 120 valence electrons. The Morgan fingerprint density at radius 1 is 1.41 bits per heavy atom. The fourth-order valence-electron chi connectivity index (χ4n) is 2.21. The van der Waals surface area contributed by atoms with E-state index in [0.29, 0.717) is 12.2 Å². The lowest BCUT2D eigenvalue weighted by atomic mass is 10.2. The Kier molecular flexibility index (Phi) is 5.63. The molecule has 2 heterocycles. The second kappa shape index (κ2) is 7.28. The molecule has 7 heteroatoms. The van der Waals surface area contributed by atoms with E-state index in [1.807, 2.05) is 20.1 Å². The molecule has 0 bridgehead atoms. The molecule has 0 fully saturated rings. The predicted octanol–water partition coefficient (Wildman–Crippen LogP) is 3.49. The molecule has 22 heavy (non-hydrogen) atoms.